The van der Waals surface area contributed by atoms with Gasteiger partial charge in [0.25, 0.3) is 0 Å². The Morgan fingerprint density at radius 2 is 1.77 bits per heavy atom. The monoisotopic (exact) mass is 375 g/mol. The van der Waals surface area contributed by atoms with Gasteiger partial charge in [0.05, 0.1) is 0 Å². The molecule has 1 aromatic carbocycles. The van der Waals surface area contributed by atoms with Crippen LogP contribution in [0.1, 0.15) is 23.7 Å². The van der Waals surface area contributed by atoms with Gasteiger partial charge in [-0.2, -0.15) is 4.98 Å². The molecule has 1 aromatic heterocycles. The van der Waals surface area contributed by atoms with Crippen LogP contribution in [0.3, 0.4) is 0 Å². The average Bonchev–Trinajstić information content (AvgIpc) is 2.58. The Morgan fingerprint density at radius 3 is 2.46 bits per heavy atom. The lowest BCUT2D eigenvalue weighted by Gasteiger charge is -2.09. The van der Waals surface area contributed by atoms with E-state index < -0.39 is 10.0 Å². The second-order valence-electron chi connectivity index (χ2n) is 5.83. The van der Waals surface area contributed by atoms with Crippen LogP contribution in [0.25, 0.3) is 6.08 Å². The number of aryl methyl sites for hydroxylation is 2. The molecule has 1 heterocycles. The fourth-order valence-electron chi connectivity index (χ4n) is 2.18. The van der Waals surface area contributed by atoms with Gasteiger partial charge in [-0.3, -0.25) is 0 Å². The normalized spacial score (nSPS) is 11.7. The highest BCUT2D eigenvalue weighted by atomic mass is 32.2. The Labute approximate surface area is 155 Å². The van der Waals surface area contributed by atoms with Gasteiger partial charge in [-0.05, 0) is 32.4 Å². The van der Waals surface area contributed by atoms with E-state index in [1.165, 1.54) is 5.41 Å². The van der Waals surface area contributed by atoms with Crippen LogP contribution in [0.2, 0.25) is 0 Å². The van der Waals surface area contributed by atoms with E-state index in [1.54, 1.807) is 6.08 Å². The fraction of sp³-hybridized carbons (Fsp3) is 0.333. The fourth-order valence-corrected chi connectivity index (χ4v) is 3.00. The second-order valence-corrected chi connectivity index (χ2v) is 7.48. The van der Waals surface area contributed by atoms with Crippen LogP contribution in [0.15, 0.2) is 35.7 Å². The van der Waals surface area contributed by atoms with E-state index in [9.17, 15) is 8.42 Å². The molecule has 8 heteroatoms. The average molecular weight is 375 g/mol. The molecule has 0 spiro atoms. The molecule has 3 N–H and O–H groups in total. The minimum Gasteiger partial charge on any atom is -0.370 e. The maximum absolute atomic E-state index is 12.0. The molecule has 0 bridgehead atoms. The molecule has 0 unspecified atom stereocenters. The summed E-state index contributed by atoms with van der Waals surface area (Å²) in [5, 5.41) is 7.32. The molecule has 0 aliphatic carbocycles. The summed E-state index contributed by atoms with van der Waals surface area (Å²) in [7, 11) is -3.49. The van der Waals surface area contributed by atoms with Crippen LogP contribution in [0.5, 0.6) is 0 Å². The number of nitrogens with zero attached hydrogens (tertiary/aromatic N) is 2. The van der Waals surface area contributed by atoms with Gasteiger partial charge in [0.1, 0.15) is 5.82 Å². The number of hydrogen-bond donors (Lipinski definition) is 3. The number of benzene rings is 1. The van der Waals surface area contributed by atoms with Crippen molar-refractivity contribution in [3.05, 3.63) is 52.6 Å². The van der Waals surface area contributed by atoms with Crippen molar-refractivity contribution in [1.29, 1.82) is 0 Å². The molecule has 7 nitrogen and oxygen atoms in total. The van der Waals surface area contributed by atoms with Crippen molar-refractivity contribution in [3.63, 3.8) is 0 Å². The number of nitrogens with one attached hydrogen (secondary N) is 3. The molecule has 0 saturated heterocycles. The molecule has 2 aromatic rings. The van der Waals surface area contributed by atoms with Gasteiger partial charge < -0.3 is 10.6 Å². The van der Waals surface area contributed by atoms with Crippen LogP contribution >= 0.6 is 0 Å². The van der Waals surface area contributed by atoms with Crippen molar-refractivity contribution in [2.75, 3.05) is 30.3 Å². The number of hydrogen-bond acceptors (Lipinski definition) is 6. The first-order valence-corrected chi connectivity index (χ1v) is 10.0. The van der Waals surface area contributed by atoms with Gasteiger partial charge in [0.15, 0.2) is 0 Å². The quantitative estimate of drug-likeness (QED) is 0.583. The number of rotatable bonds is 9. The minimum atomic E-state index is -3.49. The predicted molar refractivity (Wildman–Crippen MR) is 107 cm³/mol. The van der Waals surface area contributed by atoms with Crippen LogP contribution in [-0.4, -0.2) is 38.0 Å². The topological polar surface area (TPSA) is 96.0 Å². The van der Waals surface area contributed by atoms with Crippen LogP contribution in [0, 0.1) is 13.8 Å². The Balaban J connectivity index is 1.84. The minimum absolute atomic E-state index is 0.231. The van der Waals surface area contributed by atoms with E-state index >= 15 is 0 Å². The number of anilines is 2. The molecule has 0 amide bonds. The van der Waals surface area contributed by atoms with E-state index in [1.807, 2.05) is 51.1 Å². The van der Waals surface area contributed by atoms with Crippen LogP contribution < -0.4 is 15.4 Å². The lowest BCUT2D eigenvalue weighted by molar-refractivity contribution is 0.592. The van der Waals surface area contributed by atoms with Gasteiger partial charge in [-0.1, -0.05) is 29.8 Å². The third kappa shape index (κ3) is 6.81. The van der Waals surface area contributed by atoms with Crippen LogP contribution in [-0.2, 0) is 10.0 Å². The first-order valence-electron chi connectivity index (χ1n) is 8.46. The maximum Gasteiger partial charge on any atom is 0.233 e. The van der Waals surface area contributed by atoms with E-state index in [0.29, 0.717) is 12.5 Å². The largest absolute Gasteiger partial charge is 0.370 e. The smallest absolute Gasteiger partial charge is 0.233 e. The van der Waals surface area contributed by atoms with Gasteiger partial charge in [-0.25, -0.2) is 18.1 Å². The summed E-state index contributed by atoms with van der Waals surface area (Å²) in [6.45, 7) is 7.23. The molecule has 0 saturated carbocycles. The zero-order chi connectivity index (χ0) is 19.0. The zero-order valence-corrected chi connectivity index (χ0v) is 16.1. The molecular weight excluding hydrogens is 350 g/mol. The molecule has 0 aliphatic heterocycles. The van der Waals surface area contributed by atoms with Crippen molar-refractivity contribution in [2.45, 2.75) is 20.8 Å². The summed E-state index contributed by atoms with van der Waals surface area (Å²) in [5.41, 5.74) is 2.80. The summed E-state index contributed by atoms with van der Waals surface area (Å²) in [6.07, 6.45) is 1.57. The van der Waals surface area contributed by atoms with Crippen molar-refractivity contribution >= 4 is 27.9 Å². The Bertz CT molecular complexity index is 848. The summed E-state index contributed by atoms with van der Waals surface area (Å²) in [6, 6.07) is 9.48. The molecule has 140 valence electrons. The Morgan fingerprint density at radius 1 is 1.04 bits per heavy atom. The summed E-state index contributed by atoms with van der Waals surface area (Å²) >= 11 is 0. The summed E-state index contributed by atoms with van der Waals surface area (Å²) < 4.78 is 26.5. The highest BCUT2D eigenvalue weighted by molar-refractivity contribution is 7.92. The number of aromatic nitrogens is 2. The molecule has 0 fully saturated rings. The van der Waals surface area contributed by atoms with E-state index in [4.69, 9.17) is 0 Å². The molecule has 26 heavy (non-hydrogen) atoms. The van der Waals surface area contributed by atoms with Gasteiger partial charge in [-0.15, -0.1) is 0 Å². The maximum atomic E-state index is 12.0. The molecule has 0 radical (unpaired) electrons. The predicted octanol–water partition coefficient (Wildman–Crippen LogP) is 2.53. The lowest BCUT2D eigenvalue weighted by Crippen LogP contribution is -2.27. The van der Waals surface area contributed by atoms with E-state index in [0.717, 1.165) is 29.2 Å². The second kappa shape index (κ2) is 9.30. The van der Waals surface area contributed by atoms with Crippen LogP contribution in [0.4, 0.5) is 11.8 Å². The number of sulfonamides is 1. The van der Waals surface area contributed by atoms with Gasteiger partial charge >= 0.3 is 0 Å². The summed E-state index contributed by atoms with van der Waals surface area (Å²) in [5.74, 6) is 1.21. The van der Waals surface area contributed by atoms with E-state index in [2.05, 4.69) is 25.3 Å². The SMILES string of the molecule is CCNc1cc(C)nc(NCCNS(=O)(=O)/C=C/c2ccc(C)cc2)n1. The molecule has 0 atom stereocenters. The third-order valence-corrected chi connectivity index (χ3v) is 4.54. The first-order chi connectivity index (χ1) is 12.4. The van der Waals surface area contributed by atoms with Crippen molar-refractivity contribution in [2.24, 2.45) is 0 Å². The van der Waals surface area contributed by atoms with Gasteiger partial charge in [0, 0.05) is 36.8 Å². The Hall–Kier alpha value is -2.45. The Kier molecular flexibility index (Phi) is 7.11. The van der Waals surface area contributed by atoms with Gasteiger partial charge in [0.2, 0.25) is 16.0 Å². The molecule has 0 aliphatic rings. The van der Waals surface area contributed by atoms with Crippen molar-refractivity contribution in [1.82, 2.24) is 14.7 Å². The first kappa shape index (κ1) is 19.9. The lowest BCUT2D eigenvalue weighted by atomic mass is 10.2. The van der Waals surface area contributed by atoms with Crippen molar-refractivity contribution < 1.29 is 8.42 Å². The standard InChI is InChI=1S/C18H25N5O2S/c1-4-19-17-13-15(3)22-18(23-17)20-10-11-21-26(24,25)12-9-16-7-5-14(2)6-8-16/h5-9,12-13,21H,4,10-11H2,1-3H3,(H2,19,20,22,23)/b12-9+. The highest BCUT2D eigenvalue weighted by Gasteiger charge is 2.05. The third-order valence-electron chi connectivity index (χ3n) is 3.44. The zero-order valence-electron chi connectivity index (χ0n) is 15.3. The molecular formula is C18H25N5O2S. The van der Waals surface area contributed by atoms with Crippen molar-refractivity contribution in [3.8, 4) is 0 Å². The van der Waals surface area contributed by atoms with E-state index in [-0.39, 0.29) is 6.54 Å². The summed E-state index contributed by atoms with van der Waals surface area (Å²) in [4.78, 5) is 8.60. The molecule has 2 rings (SSSR count). The highest BCUT2D eigenvalue weighted by Crippen LogP contribution is 2.09.